The normalized spacial score (nSPS) is 11.9. The number of hydrogen-bond acceptors (Lipinski definition) is 3. The van der Waals surface area contributed by atoms with Gasteiger partial charge in [-0.3, -0.25) is 4.79 Å². The highest BCUT2D eigenvalue weighted by atomic mass is 16.3. The Morgan fingerprint density at radius 2 is 2.00 bits per heavy atom. The lowest BCUT2D eigenvalue weighted by atomic mass is 9.95. The van der Waals surface area contributed by atoms with E-state index in [1.807, 2.05) is 27.7 Å². The van der Waals surface area contributed by atoms with Gasteiger partial charge in [0.15, 0.2) is 0 Å². The lowest BCUT2D eigenvalue weighted by Crippen LogP contribution is -2.42. The first-order valence-corrected chi connectivity index (χ1v) is 5.37. The maximum Gasteiger partial charge on any atom is 0.236 e. The van der Waals surface area contributed by atoms with Crippen molar-refractivity contribution in [1.82, 2.24) is 10.2 Å². The van der Waals surface area contributed by atoms with Crippen molar-refractivity contribution >= 4 is 5.91 Å². The van der Waals surface area contributed by atoms with Crippen molar-refractivity contribution in [3.63, 3.8) is 0 Å². The van der Waals surface area contributed by atoms with E-state index in [1.54, 1.807) is 11.9 Å². The Morgan fingerprint density at radius 3 is 2.40 bits per heavy atom. The number of likely N-dealkylation sites (N-methyl/N-ethyl adjacent to an activating group) is 1. The molecule has 0 unspecified atom stereocenters. The number of aliphatic hydroxyl groups is 1. The lowest BCUT2D eigenvalue weighted by Gasteiger charge is -2.24. The highest BCUT2D eigenvalue weighted by Crippen LogP contribution is 2.10. The van der Waals surface area contributed by atoms with Gasteiger partial charge in [0, 0.05) is 31.7 Å². The fraction of sp³-hybridized carbons (Fsp3) is 0.909. The average molecular weight is 216 g/mol. The zero-order valence-electron chi connectivity index (χ0n) is 10.5. The maximum atomic E-state index is 11.6. The van der Waals surface area contributed by atoms with Crippen LogP contribution in [0.2, 0.25) is 0 Å². The quantitative estimate of drug-likeness (QED) is 0.678. The van der Waals surface area contributed by atoms with E-state index in [2.05, 4.69) is 5.32 Å². The molecule has 0 aromatic carbocycles. The molecule has 0 spiro atoms. The summed E-state index contributed by atoms with van der Waals surface area (Å²) in [7, 11) is 1.80. The third kappa shape index (κ3) is 5.74. The summed E-state index contributed by atoms with van der Waals surface area (Å²) < 4.78 is 0. The van der Waals surface area contributed by atoms with Gasteiger partial charge >= 0.3 is 0 Å². The van der Waals surface area contributed by atoms with Crippen molar-refractivity contribution in [2.75, 3.05) is 26.7 Å². The lowest BCUT2D eigenvalue weighted by molar-refractivity contribution is -0.130. The molecule has 0 aliphatic carbocycles. The molecule has 2 N–H and O–H groups in total. The van der Waals surface area contributed by atoms with Gasteiger partial charge in [0.05, 0.1) is 6.54 Å². The first-order valence-electron chi connectivity index (χ1n) is 5.37. The zero-order valence-corrected chi connectivity index (χ0v) is 10.5. The molecule has 0 aliphatic rings. The van der Waals surface area contributed by atoms with E-state index in [4.69, 9.17) is 5.11 Å². The molecule has 0 saturated carbocycles. The Hall–Kier alpha value is -0.610. The second-order valence-corrected chi connectivity index (χ2v) is 5.02. The highest BCUT2D eigenvalue weighted by molar-refractivity contribution is 5.78. The Morgan fingerprint density at radius 1 is 1.47 bits per heavy atom. The number of carbonyl (C=O) groups is 1. The molecule has 15 heavy (non-hydrogen) atoms. The summed E-state index contributed by atoms with van der Waals surface area (Å²) in [5.41, 5.74) is -0.170. The topological polar surface area (TPSA) is 52.6 Å². The Kier molecular flexibility index (Phi) is 5.83. The number of carbonyl (C=O) groups excluding carboxylic acids is 1. The van der Waals surface area contributed by atoms with Crippen molar-refractivity contribution in [2.45, 2.75) is 33.7 Å². The fourth-order valence-corrected chi connectivity index (χ4v) is 0.976. The average Bonchev–Trinajstić information content (AvgIpc) is 2.16. The summed E-state index contributed by atoms with van der Waals surface area (Å²) in [6.45, 7) is 8.96. The number of rotatable bonds is 6. The van der Waals surface area contributed by atoms with E-state index in [-0.39, 0.29) is 24.0 Å². The Labute approximate surface area is 92.7 Å². The van der Waals surface area contributed by atoms with Crippen LogP contribution in [0.3, 0.4) is 0 Å². The summed E-state index contributed by atoms with van der Waals surface area (Å²) in [4.78, 5) is 13.3. The molecular weight excluding hydrogens is 192 g/mol. The van der Waals surface area contributed by atoms with Crippen LogP contribution in [0.4, 0.5) is 0 Å². The fourth-order valence-electron chi connectivity index (χ4n) is 0.976. The third-order valence-corrected chi connectivity index (χ3v) is 2.48. The van der Waals surface area contributed by atoms with E-state index in [0.717, 1.165) is 0 Å². The molecule has 0 bridgehead atoms. The monoisotopic (exact) mass is 216 g/mol. The molecule has 90 valence electrons. The minimum atomic E-state index is -0.170. The molecular formula is C11H24N2O2. The zero-order chi connectivity index (χ0) is 12.1. The summed E-state index contributed by atoms with van der Waals surface area (Å²) in [6.07, 6.45) is 0. The van der Waals surface area contributed by atoms with Gasteiger partial charge in [-0.1, -0.05) is 13.8 Å². The maximum absolute atomic E-state index is 11.6. The van der Waals surface area contributed by atoms with Gasteiger partial charge < -0.3 is 15.3 Å². The van der Waals surface area contributed by atoms with Crippen molar-refractivity contribution in [3.8, 4) is 0 Å². The van der Waals surface area contributed by atoms with Crippen LogP contribution in [0, 0.1) is 5.41 Å². The Bertz CT molecular complexity index is 203. The van der Waals surface area contributed by atoms with Gasteiger partial charge in [-0.2, -0.15) is 0 Å². The molecule has 0 radical (unpaired) electrons. The predicted molar refractivity (Wildman–Crippen MR) is 61.6 cm³/mol. The van der Waals surface area contributed by atoms with Gasteiger partial charge in [-0.25, -0.2) is 0 Å². The second-order valence-electron chi connectivity index (χ2n) is 5.02. The Balaban J connectivity index is 3.83. The van der Waals surface area contributed by atoms with Gasteiger partial charge in [-0.15, -0.1) is 0 Å². The first kappa shape index (κ1) is 14.4. The smallest absolute Gasteiger partial charge is 0.236 e. The largest absolute Gasteiger partial charge is 0.396 e. The number of aliphatic hydroxyl groups excluding tert-OH is 1. The van der Waals surface area contributed by atoms with Crippen LogP contribution >= 0.6 is 0 Å². The van der Waals surface area contributed by atoms with Gasteiger partial charge in [-0.05, 0) is 13.8 Å². The molecule has 4 heteroatoms. The van der Waals surface area contributed by atoms with E-state index >= 15 is 0 Å². The van der Waals surface area contributed by atoms with Crippen molar-refractivity contribution < 1.29 is 9.90 Å². The minimum absolute atomic E-state index is 0.0822. The second kappa shape index (κ2) is 6.08. The van der Waals surface area contributed by atoms with Crippen LogP contribution in [-0.2, 0) is 4.79 Å². The SMILES string of the molecule is CC(C)N(C)C(=O)CNCC(C)(C)CO. The molecule has 0 fully saturated rings. The van der Waals surface area contributed by atoms with Crippen LogP contribution in [0.1, 0.15) is 27.7 Å². The summed E-state index contributed by atoms with van der Waals surface area (Å²) in [6, 6.07) is 0.227. The standard InChI is InChI=1S/C11H24N2O2/c1-9(2)13(5)10(15)6-12-7-11(3,4)8-14/h9,12,14H,6-8H2,1-5H3. The van der Waals surface area contributed by atoms with Gasteiger partial charge in [0.25, 0.3) is 0 Å². The van der Waals surface area contributed by atoms with Crippen LogP contribution < -0.4 is 5.32 Å². The molecule has 0 saturated heterocycles. The molecule has 0 rings (SSSR count). The van der Waals surface area contributed by atoms with E-state index in [0.29, 0.717) is 13.1 Å². The number of hydrogen-bond donors (Lipinski definition) is 2. The molecule has 0 aliphatic heterocycles. The van der Waals surface area contributed by atoms with Crippen LogP contribution in [0.25, 0.3) is 0 Å². The number of nitrogens with zero attached hydrogens (tertiary/aromatic N) is 1. The summed E-state index contributed by atoms with van der Waals surface area (Å²) in [5, 5.41) is 12.1. The molecule has 0 atom stereocenters. The van der Waals surface area contributed by atoms with Gasteiger partial charge in [0.2, 0.25) is 5.91 Å². The van der Waals surface area contributed by atoms with Crippen molar-refractivity contribution in [2.24, 2.45) is 5.41 Å². The van der Waals surface area contributed by atoms with E-state index in [1.165, 1.54) is 0 Å². The van der Waals surface area contributed by atoms with Crippen molar-refractivity contribution in [3.05, 3.63) is 0 Å². The van der Waals surface area contributed by atoms with Crippen LogP contribution in [0.5, 0.6) is 0 Å². The molecule has 4 nitrogen and oxygen atoms in total. The number of amides is 1. The van der Waals surface area contributed by atoms with E-state index in [9.17, 15) is 4.79 Å². The number of nitrogens with one attached hydrogen (secondary N) is 1. The molecule has 0 aromatic rings. The minimum Gasteiger partial charge on any atom is -0.396 e. The third-order valence-electron chi connectivity index (χ3n) is 2.48. The molecule has 0 heterocycles. The van der Waals surface area contributed by atoms with E-state index < -0.39 is 0 Å². The predicted octanol–water partition coefficient (Wildman–Crippen LogP) is 0.461. The molecule has 0 aromatic heterocycles. The van der Waals surface area contributed by atoms with Crippen LogP contribution in [0.15, 0.2) is 0 Å². The first-order chi connectivity index (χ1) is 6.80. The van der Waals surface area contributed by atoms with Crippen LogP contribution in [-0.4, -0.2) is 48.7 Å². The summed E-state index contributed by atoms with van der Waals surface area (Å²) >= 11 is 0. The molecule has 1 amide bonds. The van der Waals surface area contributed by atoms with Gasteiger partial charge in [0.1, 0.15) is 0 Å². The highest BCUT2D eigenvalue weighted by Gasteiger charge is 2.17. The summed E-state index contributed by atoms with van der Waals surface area (Å²) in [5.74, 6) is 0.0822. The van der Waals surface area contributed by atoms with Crippen molar-refractivity contribution in [1.29, 1.82) is 0 Å².